The van der Waals surface area contributed by atoms with E-state index in [9.17, 15) is 23.1 Å². The standard InChI is InChI=1S/C27H33Cl2NO6S/c1-6-21(16-37(34,35)26(2,3)4)30-25(33)22(15-23(31)32)36-24(17-8-7-9-20(29)14-17)27(30,5)18-10-12-19(28)13-11-18/h7-14,21-22,24H,6,15-16H2,1-5H3,(H,31,32)/t21?,22-,24-,27-/m1/s1. The molecule has 2 aromatic carbocycles. The van der Waals surface area contributed by atoms with Crippen LogP contribution in [-0.4, -0.2) is 52.9 Å². The van der Waals surface area contributed by atoms with Crippen molar-refractivity contribution >= 4 is 44.9 Å². The van der Waals surface area contributed by atoms with Gasteiger partial charge in [-0.1, -0.05) is 54.4 Å². The van der Waals surface area contributed by atoms with Crippen LogP contribution in [0.3, 0.4) is 0 Å². The van der Waals surface area contributed by atoms with E-state index in [4.69, 9.17) is 27.9 Å². The zero-order chi connectivity index (χ0) is 27.8. The minimum absolute atomic E-state index is 0.288. The van der Waals surface area contributed by atoms with Crippen LogP contribution in [-0.2, 0) is 29.7 Å². The zero-order valence-electron chi connectivity index (χ0n) is 21.6. The van der Waals surface area contributed by atoms with Crippen molar-refractivity contribution in [1.29, 1.82) is 0 Å². The molecule has 1 unspecified atom stereocenters. The molecule has 2 aromatic rings. The zero-order valence-corrected chi connectivity index (χ0v) is 23.9. The highest BCUT2D eigenvalue weighted by Gasteiger charge is 2.55. The number of halogens is 2. The number of aliphatic carboxylic acids is 1. The Bertz CT molecular complexity index is 1260. The van der Waals surface area contributed by atoms with Crippen molar-refractivity contribution in [2.45, 2.75) is 76.0 Å². The van der Waals surface area contributed by atoms with E-state index in [2.05, 4.69) is 0 Å². The summed E-state index contributed by atoms with van der Waals surface area (Å²) in [6.45, 7) is 8.49. The highest BCUT2D eigenvalue weighted by molar-refractivity contribution is 7.92. The summed E-state index contributed by atoms with van der Waals surface area (Å²) in [5, 5.41) is 10.5. The maximum Gasteiger partial charge on any atom is 0.306 e. The third kappa shape index (κ3) is 5.98. The van der Waals surface area contributed by atoms with E-state index in [1.54, 1.807) is 69.3 Å². The van der Waals surface area contributed by atoms with Gasteiger partial charge >= 0.3 is 5.97 Å². The van der Waals surface area contributed by atoms with E-state index in [0.717, 1.165) is 0 Å². The Hall–Kier alpha value is -2.13. The number of morpholine rings is 1. The molecule has 1 fully saturated rings. The molecule has 0 spiro atoms. The Morgan fingerprint density at radius 3 is 2.27 bits per heavy atom. The second kappa shape index (κ2) is 10.9. The van der Waals surface area contributed by atoms with E-state index in [1.165, 1.54) is 4.90 Å². The molecule has 202 valence electrons. The normalized spacial score (nSPS) is 23.6. The SMILES string of the molecule is CCC(CS(=O)(=O)C(C)(C)C)N1C(=O)[C@@H](CC(=O)O)O[C@H](c2cccc(Cl)c2)[C@@]1(C)c1ccc(Cl)cc1. The number of carbonyl (C=O) groups is 2. The second-order valence-electron chi connectivity index (χ2n) is 10.5. The van der Waals surface area contributed by atoms with Crippen molar-refractivity contribution in [1.82, 2.24) is 4.90 Å². The lowest BCUT2D eigenvalue weighted by Gasteiger charge is -2.55. The van der Waals surface area contributed by atoms with E-state index in [1.807, 2.05) is 13.8 Å². The lowest BCUT2D eigenvalue weighted by Crippen LogP contribution is -2.65. The monoisotopic (exact) mass is 569 g/mol. The Labute approximate surface area is 228 Å². The summed E-state index contributed by atoms with van der Waals surface area (Å²) in [5.41, 5.74) is 0.0806. The van der Waals surface area contributed by atoms with Crippen LogP contribution in [0.5, 0.6) is 0 Å². The van der Waals surface area contributed by atoms with Crippen molar-refractivity contribution in [2.24, 2.45) is 0 Å². The molecule has 7 nitrogen and oxygen atoms in total. The molecule has 37 heavy (non-hydrogen) atoms. The van der Waals surface area contributed by atoms with Gasteiger partial charge in [-0.15, -0.1) is 0 Å². The van der Waals surface area contributed by atoms with Crippen LogP contribution in [0.2, 0.25) is 10.0 Å². The van der Waals surface area contributed by atoms with Crippen LogP contribution in [0, 0.1) is 0 Å². The number of amides is 1. The topological polar surface area (TPSA) is 101 Å². The van der Waals surface area contributed by atoms with Gasteiger partial charge in [0, 0.05) is 16.1 Å². The Morgan fingerprint density at radius 1 is 1.14 bits per heavy atom. The summed E-state index contributed by atoms with van der Waals surface area (Å²) in [4.78, 5) is 27.2. The van der Waals surface area contributed by atoms with E-state index >= 15 is 0 Å². The number of carboxylic acids is 1. The van der Waals surface area contributed by atoms with Gasteiger partial charge in [0.15, 0.2) is 9.84 Å². The minimum atomic E-state index is -3.64. The van der Waals surface area contributed by atoms with Crippen molar-refractivity contribution in [2.75, 3.05) is 5.75 Å². The van der Waals surface area contributed by atoms with E-state index in [0.29, 0.717) is 27.6 Å². The maximum atomic E-state index is 14.0. The van der Waals surface area contributed by atoms with Crippen LogP contribution in [0.15, 0.2) is 48.5 Å². The molecule has 4 atom stereocenters. The fraction of sp³-hybridized carbons (Fsp3) is 0.481. The molecule has 0 aromatic heterocycles. The van der Waals surface area contributed by atoms with Crippen molar-refractivity contribution < 1.29 is 27.9 Å². The van der Waals surface area contributed by atoms with Crippen LogP contribution in [0.1, 0.15) is 64.7 Å². The third-order valence-electron chi connectivity index (χ3n) is 6.95. The molecule has 3 rings (SSSR count). The van der Waals surface area contributed by atoms with Gasteiger partial charge in [-0.2, -0.15) is 0 Å². The summed E-state index contributed by atoms with van der Waals surface area (Å²) in [7, 11) is -3.64. The Kier molecular flexibility index (Phi) is 8.69. The molecular weight excluding hydrogens is 537 g/mol. The lowest BCUT2D eigenvalue weighted by atomic mass is 9.78. The largest absolute Gasteiger partial charge is 0.481 e. The number of hydrogen-bond donors (Lipinski definition) is 1. The summed E-state index contributed by atoms with van der Waals surface area (Å²) in [6.07, 6.45) is -2.40. The first-order valence-electron chi connectivity index (χ1n) is 12.1. The molecule has 1 amide bonds. The Balaban J connectivity index is 2.30. The van der Waals surface area contributed by atoms with Gasteiger partial charge in [0.2, 0.25) is 0 Å². The molecule has 0 aliphatic carbocycles. The number of sulfone groups is 1. The van der Waals surface area contributed by atoms with Gasteiger partial charge in [0.25, 0.3) is 5.91 Å². The number of rotatable bonds is 8. The molecular formula is C27H33Cl2NO6S. The molecule has 0 radical (unpaired) electrons. The molecule has 1 aliphatic rings. The first-order chi connectivity index (χ1) is 17.1. The molecule has 1 N–H and O–H groups in total. The number of hydrogen-bond acceptors (Lipinski definition) is 5. The fourth-order valence-corrected chi connectivity index (χ4v) is 6.46. The van der Waals surface area contributed by atoms with E-state index in [-0.39, 0.29) is 5.75 Å². The predicted molar refractivity (Wildman–Crippen MR) is 145 cm³/mol. The second-order valence-corrected chi connectivity index (χ2v) is 14.1. The summed E-state index contributed by atoms with van der Waals surface area (Å²) in [6, 6.07) is 13.1. The van der Waals surface area contributed by atoms with Crippen LogP contribution in [0.4, 0.5) is 0 Å². The smallest absolute Gasteiger partial charge is 0.306 e. The third-order valence-corrected chi connectivity index (χ3v) is 10.1. The quantitative estimate of drug-likeness (QED) is 0.441. The van der Waals surface area contributed by atoms with Gasteiger partial charge in [-0.05, 0) is 69.5 Å². The predicted octanol–water partition coefficient (Wildman–Crippen LogP) is 5.64. The molecule has 1 heterocycles. The summed E-state index contributed by atoms with van der Waals surface area (Å²) >= 11 is 12.5. The van der Waals surface area contributed by atoms with Gasteiger partial charge in [0.05, 0.1) is 22.5 Å². The summed E-state index contributed by atoms with van der Waals surface area (Å²) < 4.78 is 31.9. The van der Waals surface area contributed by atoms with Crippen LogP contribution < -0.4 is 0 Å². The number of carboxylic acid groups (broad SMARTS) is 1. The highest BCUT2D eigenvalue weighted by Crippen LogP contribution is 2.49. The maximum absolute atomic E-state index is 14.0. The number of benzene rings is 2. The van der Waals surface area contributed by atoms with Crippen LogP contribution >= 0.6 is 23.2 Å². The van der Waals surface area contributed by atoms with E-state index < -0.39 is 56.7 Å². The van der Waals surface area contributed by atoms with Gasteiger partial charge in [0.1, 0.15) is 12.2 Å². The molecule has 1 aliphatic heterocycles. The average molecular weight is 571 g/mol. The fourth-order valence-electron chi connectivity index (χ4n) is 4.75. The lowest BCUT2D eigenvalue weighted by molar-refractivity contribution is -0.200. The number of nitrogens with zero attached hydrogens (tertiary/aromatic N) is 1. The molecule has 0 bridgehead atoms. The first kappa shape index (κ1) is 29.4. The highest BCUT2D eigenvalue weighted by atomic mass is 35.5. The molecule has 10 heteroatoms. The molecule has 0 saturated carbocycles. The minimum Gasteiger partial charge on any atom is -0.481 e. The molecule has 1 saturated heterocycles. The first-order valence-corrected chi connectivity index (χ1v) is 14.5. The average Bonchev–Trinajstić information content (AvgIpc) is 2.79. The Morgan fingerprint density at radius 2 is 1.76 bits per heavy atom. The van der Waals surface area contributed by atoms with Crippen LogP contribution in [0.25, 0.3) is 0 Å². The number of carbonyl (C=O) groups excluding carboxylic acids is 1. The van der Waals surface area contributed by atoms with Gasteiger partial charge < -0.3 is 14.7 Å². The van der Waals surface area contributed by atoms with Crippen molar-refractivity contribution in [3.63, 3.8) is 0 Å². The van der Waals surface area contributed by atoms with Crippen molar-refractivity contribution in [3.8, 4) is 0 Å². The van der Waals surface area contributed by atoms with Crippen molar-refractivity contribution in [3.05, 3.63) is 69.7 Å². The van der Waals surface area contributed by atoms with Gasteiger partial charge in [-0.3, -0.25) is 9.59 Å². The van der Waals surface area contributed by atoms with Gasteiger partial charge in [-0.25, -0.2) is 8.42 Å². The summed E-state index contributed by atoms with van der Waals surface area (Å²) in [5.74, 6) is -2.06. The number of ether oxygens (including phenoxy) is 1.